The smallest absolute Gasteiger partial charge is 0.0132 e. The van der Waals surface area contributed by atoms with Gasteiger partial charge in [0.05, 0.1) is 0 Å². The van der Waals surface area contributed by atoms with Crippen LogP contribution < -0.4 is 0 Å². The van der Waals surface area contributed by atoms with E-state index in [1.54, 1.807) is 0 Å². The van der Waals surface area contributed by atoms with Gasteiger partial charge in [-0.15, -0.1) is 0 Å². The molecule has 0 spiro atoms. The fourth-order valence-electron chi connectivity index (χ4n) is 0.910. The summed E-state index contributed by atoms with van der Waals surface area (Å²) < 4.78 is 1.24. The zero-order chi connectivity index (χ0) is 6.53. The number of hydrogen-bond donors (Lipinski definition) is 0. The quantitative estimate of drug-likeness (QED) is 0.545. The summed E-state index contributed by atoms with van der Waals surface area (Å²) in [4.78, 5) is 0. The molecule has 0 amide bonds. The van der Waals surface area contributed by atoms with Crippen LogP contribution in [0.5, 0.6) is 0 Å². The summed E-state index contributed by atoms with van der Waals surface area (Å²) in [6, 6.07) is 0. The first-order valence-electron chi connectivity index (χ1n) is 3.42. The van der Waals surface area contributed by atoms with E-state index in [4.69, 9.17) is 0 Å². The van der Waals surface area contributed by atoms with E-state index in [0.29, 0.717) is 0 Å². The van der Waals surface area contributed by atoms with Gasteiger partial charge in [-0.3, -0.25) is 0 Å². The van der Waals surface area contributed by atoms with Crippen LogP contribution >= 0.6 is 15.9 Å². The first-order valence-corrected chi connectivity index (χ1v) is 4.21. The summed E-state index contributed by atoms with van der Waals surface area (Å²) in [5, 5.41) is 0. The second-order valence-corrected chi connectivity index (χ2v) is 3.19. The molecule has 0 N–H and O–H groups in total. The third kappa shape index (κ3) is 2.85. The Hall–Kier alpha value is -0.0400. The summed E-state index contributed by atoms with van der Waals surface area (Å²) in [6.45, 7) is 0. The van der Waals surface area contributed by atoms with Gasteiger partial charge in [0.15, 0.2) is 0 Å². The average Bonchev–Trinajstić information content (AvgIpc) is 1.79. The molecular weight excluding hydrogens is 176 g/mol. The molecule has 0 saturated heterocycles. The van der Waals surface area contributed by atoms with E-state index in [2.05, 4.69) is 34.2 Å². The van der Waals surface area contributed by atoms with Crippen LogP contribution in [0.25, 0.3) is 0 Å². The van der Waals surface area contributed by atoms with E-state index >= 15 is 0 Å². The molecule has 1 heteroatoms. The fourth-order valence-corrected chi connectivity index (χ4v) is 1.33. The SMILES string of the molecule is BrC1=C/CCCC/C=C\1. The molecule has 0 atom stereocenters. The Morgan fingerprint density at radius 2 is 2.00 bits per heavy atom. The zero-order valence-corrected chi connectivity index (χ0v) is 7.02. The highest BCUT2D eigenvalue weighted by atomic mass is 79.9. The van der Waals surface area contributed by atoms with Crippen LogP contribution in [0.3, 0.4) is 0 Å². The van der Waals surface area contributed by atoms with E-state index in [0.717, 1.165) is 0 Å². The van der Waals surface area contributed by atoms with Crippen molar-refractivity contribution in [1.82, 2.24) is 0 Å². The standard InChI is InChI=1S/C8H11Br/c9-8-6-4-2-1-3-5-7-8/h4,6-7H,1-3,5H2/b6-4-,8-7+. The molecule has 9 heavy (non-hydrogen) atoms. The molecule has 0 radical (unpaired) electrons. The molecule has 0 aromatic rings. The molecule has 0 aromatic carbocycles. The van der Waals surface area contributed by atoms with Gasteiger partial charge >= 0.3 is 0 Å². The largest absolute Gasteiger partial charge is 0.0834 e. The van der Waals surface area contributed by atoms with Gasteiger partial charge in [0.2, 0.25) is 0 Å². The van der Waals surface area contributed by atoms with Crippen molar-refractivity contribution in [2.75, 3.05) is 0 Å². The molecule has 50 valence electrons. The lowest BCUT2D eigenvalue weighted by Gasteiger charge is -1.98. The lowest BCUT2D eigenvalue weighted by Crippen LogP contribution is -1.77. The highest BCUT2D eigenvalue weighted by Gasteiger charge is 1.90. The summed E-state index contributed by atoms with van der Waals surface area (Å²) in [5.41, 5.74) is 0. The Bertz CT molecular complexity index is 134. The maximum Gasteiger partial charge on any atom is 0.0132 e. The van der Waals surface area contributed by atoms with Crippen LogP contribution in [0.15, 0.2) is 22.7 Å². The predicted octanol–water partition coefficient (Wildman–Crippen LogP) is 3.40. The van der Waals surface area contributed by atoms with Gasteiger partial charge in [-0.25, -0.2) is 0 Å². The highest BCUT2D eigenvalue weighted by Crippen LogP contribution is 2.14. The molecule has 1 aliphatic carbocycles. The van der Waals surface area contributed by atoms with Crippen molar-refractivity contribution in [2.45, 2.75) is 25.7 Å². The first kappa shape index (κ1) is 7.07. The molecular formula is C8H11Br. The minimum atomic E-state index is 1.23. The maximum atomic E-state index is 3.45. The van der Waals surface area contributed by atoms with Gasteiger partial charge in [0.1, 0.15) is 0 Å². The maximum absolute atomic E-state index is 3.45. The van der Waals surface area contributed by atoms with Crippen molar-refractivity contribution in [2.24, 2.45) is 0 Å². The molecule has 1 rings (SSSR count). The lowest BCUT2D eigenvalue weighted by atomic mass is 10.1. The molecule has 0 fully saturated rings. The Labute approximate surface area is 64.8 Å². The minimum Gasteiger partial charge on any atom is -0.0834 e. The van der Waals surface area contributed by atoms with Crippen molar-refractivity contribution >= 4 is 15.9 Å². The molecule has 0 aliphatic heterocycles. The number of allylic oxidation sites excluding steroid dienone is 4. The summed E-state index contributed by atoms with van der Waals surface area (Å²) in [6.07, 6.45) is 11.7. The number of halogens is 1. The van der Waals surface area contributed by atoms with Crippen molar-refractivity contribution < 1.29 is 0 Å². The Morgan fingerprint density at radius 3 is 2.89 bits per heavy atom. The summed E-state index contributed by atoms with van der Waals surface area (Å²) in [5.74, 6) is 0. The fraction of sp³-hybridized carbons (Fsp3) is 0.500. The zero-order valence-electron chi connectivity index (χ0n) is 5.44. The van der Waals surface area contributed by atoms with Crippen molar-refractivity contribution in [3.8, 4) is 0 Å². The van der Waals surface area contributed by atoms with Crippen molar-refractivity contribution in [3.05, 3.63) is 22.7 Å². The molecule has 0 aromatic heterocycles. The van der Waals surface area contributed by atoms with Crippen LogP contribution in [0.1, 0.15) is 25.7 Å². The van der Waals surface area contributed by atoms with Crippen LogP contribution in [0, 0.1) is 0 Å². The molecule has 0 unspecified atom stereocenters. The number of hydrogen-bond acceptors (Lipinski definition) is 0. The lowest BCUT2D eigenvalue weighted by molar-refractivity contribution is 0.758. The van der Waals surface area contributed by atoms with Crippen LogP contribution in [-0.2, 0) is 0 Å². The number of rotatable bonds is 0. The van der Waals surface area contributed by atoms with Crippen LogP contribution in [0.4, 0.5) is 0 Å². The minimum absolute atomic E-state index is 1.23. The normalized spacial score (nSPS) is 29.7. The van der Waals surface area contributed by atoms with Gasteiger partial charge in [-0.05, 0) is 25.7 Å². The predicted molar refractivity (Wildman–Crippen MR) is 44.6 cm³/mol. The molecule has 0 heterocycles. The molecule has 0 nitrogen and oxygen atoms in total. The van der Waals surface area contributed by atoms with E-state index in [-0.39, 0.29) is 0 Å². The van der Waals surface area contributed by atoms with E-state index < -0.39 is 0 Å². The van der Waals surface area contributed by atoms with Crippen LogP contribution in [-0.4, -0.2) is 0 Å². The second kappa shape index (κ2) is 3.89. The molecule has 1 aliphatic rings. The third-order valence-corrected chi connectivity index (χ3v) is 2.03. The monoisotopic (exact) mass is 186 g/mol. The summed E-state index contributed by atoms with van der Waals surface area (Å²) in [7, 11) is 0. The Kier molecular flexibility index (Phi) is 3.05. The molecule has 0 saturated carbocycles. The Morgan fingerprint density at radius 1 is 1.22 bits per heavy atom. The molecule has 0 bridgehead atoms. The average molecular weight is 187 g/mol. The van der Waals surface area contributed by atoms with Crippen LogP contribution in [0.2, 0.25) is 0 Å². The van der Waals surface area contributed by atoms with E-state index in [1.807, 2.05) is 0 Å². The van der Waals surface area contributed by atoms with E-state index in [1.165, 1.54) is 30.2 Å². The van der Waals surface area contributed by atoms with Gasteiger partial charge in [0, 0.05) is 4.48 Å². The van der Waals surface area contributed by atoms with Gasteiger partial charge in [-0.1, -0.05) is 34.2 Å². The van der Waals surface area contributed by atoms with E-state index in [9.17, 15) is 0 Å². The first-order chi connectivity index (χ1) is 4.39. The summed E-state index contributed by atoms with van der Waals surface area (Å²) >= 11 is 3.45. The van der Waals surface area contributed by atoms with Gasteiger partial charge in [0.25, 0.3) is 0 Å². The van der Waals surface area contributed by atoms with Gasteiger partial charge < -0.3 is 0 Å². The second-order valence-electron chi connectivity index (χ2n) is 2.28. The third-order valence-electron chi connectivity index (χ3n) is 1.44. The Balaban J connectivity index is 2.49. The van der Waals surface area contributed by atoms with Crippen molar-refractivity contribution in [3.63, 3.8) is 0 Å². The highest BCUT2D eigenvalue weighted by molar-refractivity contribution is 9.11. The van der Waals surface area contributed by atoms with Crippen molar-refractivity contribution in [1.29, 1.82) is 0 Å². The topological polar surface area (TPSA) is 0 Å². The van der Waals surface area contributed by atoms with Gasteiger partial charge in [-0.2, -0.15) is 0 Å².